The maximum atomic E-state index is 6.32. The molecule has 0 saturated carbocycles. The van der Waals surface area contributed by atoms with Crippen molar-refractivity contribution in [3.63, 3.8) is 0 Å². The highest BCUT2D eigenvalue weighted by Crippen LogP contribution is 2.32. The summed E-state index contributed by atoms with van der Waals surface area (Å²) in [5, 5.41) is 7.79. The van der Waals surface area contributed by atoms with E-state index in [1.807, 2.05) is 39.1 Å². The summed E-state index contributed by atoms with van der Waals surface area (Å²) >= 11 is 0. The monoisotopic (exact) mass is 874 g/mol. The highest BCUT2D eigenvalue weighted by atomic mass is 16.3. The minimum absolute atomic E-state index is 0.713. The van der Waals surface area contributed by atoms with Gasteiger partial charge in [-0.25, -0.2) is 0 Å². The molecular formula is C64H62N2O. The lowest BCUT2D eigenvalue weighted by molar-refractivity contribution is 0.603. The first kappa shape index (κ1) is 47.1. The summed E-state index contributed by atoms with van der Waals surface area (Å²) < 4.78 is 6.32. The molecule has 9 rings (SSSR count). The molecule has 2 aliphatic rings. The van der Waals surface area contributed by atoms with Crippen molar-refractivity contribution >= 4 is 52.1 Å². The maximum Gasteiger partial charge on any atom is 0.135 e. The number of benzene rings is 6. The van der Waals surface area contributed by atoms with Crippen molar-refractivity contribution in [3.8, 4) is 11.1 Å². The minimum atomic E-state index is 0.713. The Morgan fingerprint density at radius 3 is 2.09 bits per heavy atom. The normalized spacial score (nSPS) is 17.6. The lowest BCUT2D eigenvalue weighted by Gasteiger charge is -2.14. The van der Waals surface area contributed by atoms with Crippen LogP contribution in [0.4, 0.5) is 5.69 Å². The Labute approximate surface area is 399 Å². The lowest BCUT2D eigenvalue weighted by Crippen LogP contribution is -2.10. The van der Waals surface area contributed by atoms with Crippen molar-refractivity contribution < 1.29 is 4.42 Å². The van der Waals surface area contributed by atoms with Gasteiger partial charge < -0.3 is 15.1 Å². The van der Waals surface area contributed by atoms with Gasteiger partial charge in [0.1, 0.15) is 11.3 Å². The third kappa shape index (κ3) is 12.5. The average molecular weight is 875 g/mol. The van der Waals surface area contributed by atoms with Crippen LogP contribution in [0.3, 0.4) is 0 Å². The van der Waals surface area contributed by atoms with E-state index >= 15 is 0 Å². The second-order valence-electron chi connectivity index (χ2n) is 16.2. The van der Waals surface area contributed by atoms with Crippen LogP contribution in [-0.4, -0.2) is 13.6 Å². The largest absolute Gasteiger partial charge is 0.456 e. The van der Waals surface area contributed by atoms with E-state index in [1.54, 1.807) is 0 Å². The molecule has 0 bridgehead atoms. The van der Waals surface area contributed by atoms with Crippen molar-refractivity contribution in [2.24, 2.45) is 0 Å². The quantitative estimate of drug-likeness (QED) is 0.181. The highest BCUT2D eigenvalue weighted by molar-refractivity contribution is 5.93. The molecule has 0 saturated heterocycles. The molecule has 1 aromatic heterocycles. The van der Waals surface area contributed by atoms with Gasteiger partial charge in [0.2, 0.25) is 0 Å². The van der Waals surface area contributed by atoms with E-state index in [0.29, 0.717) is 6.54 Å². The van der Waals surface area contributed by atoms with E-state index < -0.39 is 0 Å². The highest BCUT2D eigenvalue weighted by Gasteiger charge is 2.12. The van der Waals surface area contributed by atoms with Crippen LogP contribution in [0, 0.1) is 0 Å². The standard InChI is InChI=1S/C49H43NO.C13H13N.C2H6/c1-35-14-5-4-6-17-43-18-9-10-20-45(43)44(37(35)3)31-25-38-23-26-42(27-24-38)41-19-13-33-50-36(2)34-47-46-21-11-12-22-48(46)51-49(47)32-30-40-16-8-7-15-39(40)28-29-41;1-14-13-9-7-12(8-10-13)11-5-3-2-4-6-11;1-2/h4-16,18-27,29-32,34,50H,1,17,28,33H2,2-3H3;2-10,14H,1H3;1-2H3/b6-4-,14-5-,19-13-,31-25-,32-30-,36-34?,41-29+,44-37-;;. The molecule has 3 heteroatoms. The number of nitrogens with one attached hydrogen (secondary N) is 2. The lowest BCUT2D eigenvalue weighted by atomic mass is 9.90. The molecule has 7 aromatic rings. The predicted octanol–water partition coefficient (Wildman–Crippen LogP) is 16.9. The number of fused-ring (bicyclic) bond motifs is 5. The number of furan rings is 1. The summed E-state index contributed by atoms with van der Waals surface area (Å²) in [4.78, 5) is 0. The fourth-order valence-corrected chi connectivity index (χ4v) is 8.13. The zero-order chi connectivity index (χ0) is 46.8. The van der Waals surface area contributed by atoms with Crippen LogP contribution in [0.25, 0.3) is 57.5 Å². The molecule has 2 heterocycles. The number of rotatable bonds is 5. The SMILES string of the molecule is C=C1/C=C\C=C/Cc2ccccc2C(/C=C\c2ccc(C3=C/Cc4ccccc4/C=C\c4oc5ccccc5c4C=C(C)NC/C=C\3)cc2)=C\1C.CC.CNc1ccc(-c2ccccc2)cc1. The molecule has 0 spiro atoms. The maximum absolute atomic E-state index is 6.32. The Morgan fingerprint density at radius 1 is 0.612 bits per heavy atom. The van der Waals surface area contributed by atoms with E-state index in [9.17, 15) is 0 Å². The molecule has 0 fully saturated rings. The van der Waals surface area contributed by atoms with Crippen molar-refractivity contribution in [3.05, 3.63) is 268 Å². The van der Waals surface area contributed by atoms with E-state index in [2.05, 4.69) is 237 Å². The first-order chi connectivity index (χ1) is 32.9. The fraction of sp³-hybridized carbons (Fsp3) is 0.125. The second kappa shape index (κ2) is 23.9. The van der Waals surface area contributed by atoms with Crippen LogP contribution in [0.2, 0.25) is 0 Å². The number of hydrogen-bond acceptors (Lipinski definition) is 3. The topological polar surface area (TPSA) is 37.2 Å². The molecule has 3 nitrogen and oxygen atoms in total. The molecule has 2 N–H and O–H groups in total. The molecule has 6 aromatic carbocycles. The van der Waals surface area contributed by atoms with Crippen LogP contribution in [0.15, 0.2) is 228 Å². The van der Waals surface area contributed by atoms with Crippen molar-refractivity contribution in [2.45, 2.75) is 40.5 Å². The predicted molar refractivity (Wildman–Crippen MR) is 292 cm³/mol. The smallest absolute Gasteiger partial charge is 0.135 e. The minimum Gasteiger partial charge on any atom is -0.456 e. The van der Waals surface area contributed by atoms with Crippen molar-refractivity contribution in [1.82, 2.24) is 5.32 Å². The molecule has 67 heavy (non-hydrogen) atoms. The third-order valence-electron chi connectivity index (χ3n) is 11.9. The fourth-order valence-electron chi connectivity index (χ4n) is 8.13. The van der Waals surface area contributed by atoms with Gasteiger partial charge in [0.15, 0.2) is 0 Å². The van der Waals surface area contributed by atoms with Crippen LogP contribution in [-0.2, 0) is 12.8 Å². The molecular weight excluding hydrogens is 813 g/mol. The number of anilines is 1. The third-order valence-corrected chi connectivity index (χ3v) is 11.9. The summed E-state index contributed by atoms with van der Waals surface area (Å²) in [6.07, 6.45) is 27.9. The van der Waals surface area contributed by atoms with E-state index in [0.717, 1.165) is 57.7 Å². The van der Waals surface area contributed by atoms with Crippen molar-refractivity contribution in [2.75, 3.05) is 18.9 Å². The van der Waals surface area contributed by atoms with Crippen LogP contribution in [0.5, 0.6) is 0 Å². The summed E-state index contributed by atoms with van der Waals surface area (Å²) in [5.41, 5.74) is 18.6. The van der Waals surface area contributed by atoms with Crippen LogP contribution < -0.4 is 10.6 Å². The molecule has 0 radical (unpaired) electrons. The Bertz CT molecular complexity index is 3020. The Balaban J connectivity index is 0.000000352. The van der Waals surface area contributed by atoms with E-state index in [1.165, 1.54) is 55.7 Å². The van der Waals surface area contributed by atoms with Gasteiger partial charge in [-0.05, 0) is 124 Å². The van der Waals surface area contributed by atoms with Gasteiger partial charge in [-0.2, -0.15) is 0 Å². The Kier molecular flexibility index (Phi) is 16.8. The molecule has 0 unspecified atom stereocenters. The van der Waals surface area contributed by atoms with Gasteiger partial charge in [0.05, 0.1) is 0 Å². The number of para-hydroxylation sites is 1. The van der Waals surface area contributed by atoms with Gasteiger partial charge in [0.25, 0.3) is 0 Å². The average Bonchev–Trinajstić information content (AvgIpc) is 3.73. The van der Waals surface area contributed by atoms with Gasteiger partial charge in [-0.3, -0.25) is 0 Å². The van der Waals surface area contributed by atoms with Crippen LogP contribution in [0.1, 0.15) is 72.4 Å². The summed E-state index contributed by atoms with van der Waals surface area (Å²) in [5.74, 6) is 0.859. The summed E-state index contributed by atoms with van der Waals surface area (Å²) in [7, 11) is 1.93. The molecule has 1 aliphatic carbocycles. The summed E-state index contributed by atoms with van der Waals surface area (Å²) in [6, 6.07) is 53.2. The molecule has 0 atom stereocenters. The number of hydrogen-bond donors (Lipinski definition) is 2. The first-order valence-electron chi connectivity index (χ1n) is 23.4. The summed E-state index contributed by atoms with van der Waals surface area (Å²) in [6.45, 7) is 13.3. The van der Waals surface area contributed by atoms with Gasteiger partial charge in [0, 0.05) is 35.9 Å². The Morgan fingerprint density at radius 2 is 1.30 bits per heavy atom. The molecule has 1 aliphatic heterocycles. The van der Waals surface area contributed by atoms with E-state index in [-0.39, 0.29) is 0 Å². The Hall–Kier alpha value is -7.88. The van der Waals surface area contributed by atoms with Crippen LogP contribution >= 0.6 is 0 Å². The molecule has 0 amide bonds. The van der Waals surface area contributed by atoms with Gasteiger partial charge in [-0.1, -0.05) is 215 Å². The van der Waals surface area contributed by atoms with Crippen molar-refractivity contribution in [1.29, 1.82) is 0 Å². The molecule has 334 valence electrons. The first-order valence-corrected chi connectivity index (χ1v) is 23.4. The van der Waals surface area contributed by atoms with Gasteiger partial charge >= 0.3 is 0 Å². The van der Waals surface area contributed by atoms with E-state index in [4.69, 9.17) is 4.42 Å². The van der Waals surface area contributed by atoms with Gasteiger partial charge in [-0.15, -0.1) is 0 Å². The zero-order valence-corrected chi connectivity index (χ0v) is 39.6. The number of allylic oxidation sites excluding steroid dienone is 12. The zero-order valence-electron chi connectivity index (χ0n) is 39.6. The second-order valence-corrected chi connectivity index (χ2v) is 16.2.